The summed E-state index contributed by atoms with van der Waals surface area (Å²) in [6, 6.07) is 5.14. The van der Waals surface area contributed by atoms with Crippen LogP contribution in [0.25, 0.3) is 10.4 Å². The predicted octanol–water partition coefficient (Wildman–Crippen LogP) is 1.67. The number of aliphatic hydroxyl groups excluding tert-OH is 2. The molecule has 2 unspecified atom stereocenters. The first-order valence-electron chi connectivity index (χ1n) is 5.29. The fourth-order valence-electron chi connectivity index (χ4n) is 1.46. The molecule has 4 N–H and O–H groups in total. The van der Waals surface area contributed by atoms with Crippen molar-refractivity contribution in [2.75, 3.05) is 12.3 Å². The molecule has 0 aliphatic carbocycles. The van der Waals surface area contributed by atoms with Crippen LogP contribution < -0.4 is 5.73 Å². The van der Waals surface area contributed by atoms with E-state index in [1.807, 2.05) is 6.92 Å². The van der Waals surface area contributed by atoms with Crippen molar-refractivity contribution in [3.8, 4) is 0 Å². The molecule has 1 aromatic carbocycles. The number of anilines is 1. The lowest BCUT2D eigenvalue weighted by Crippen LogP contribution is -2.19. The number of hydrogen-bond acceptors (Lipinski definition) is 4. The van der Waals surface area contributed by atoms with Crippen LogP contribution in [0.1, 0.15) is 23.7 Å². The minimum absolute atomic E-state index is 0.149. The number of azide groups is 1. The first kappa shape index (κ1) is 13.3. The predicted molar refractivity (Wildman–Crippen MR) is 65.2 cm³/mol. The van der Waals surface area contributed by atoms with Crippen LogP contribution in [-0.2, 0) is 0 Å². The van der Waals surface area contributed by atoms with Crippen LogP contribution in [0.3, 0.4) is 0 Å². The number of aryl methyl sites for hydroxylation is 1. The molecule has 0 aliphatic heterocycles. The third kappa shape index (κ3) is 3.64. The molecular formula is C11H16N4O2. The molecule has 0 saturated carbocycles. The topological polar surface area (TPSA) is 115 Å². The van der Waals surface area contributed by atoms with Crippen molar-refractivity contribution in [3.63, 3.8) is 0 Å². The Hall–Kier alpha value is -1.75. The molecule has 0 spiro atoms. The van der Waals surface area contributed by atoms with Crippen LogP contribution in [0.15, 0.2) is 23.3 Å². The third-order valence-corrected chi connectivity index (χ3v) is 2.60. The van der Waals surface area contributed by atoms with Crippen LogP contribution in [-0.4, -0.2) is 22.9 Å². The van der Waals surface area contributed by atoms with E-state index in [0.29, 0.717) is 11.3 Å². The van der Waals surface area contributed by atoms with Gasteiger partial charge < -0.3 is 15.9 Å². The van der Waals surface area contributed by atoms with Gasteiger partial charge in [0.1, 0.15) is 6.10 Å². The molecule has 0 amide bonds. The number of aliphatic hydroxyl groups is 2. The van der Waals surface area contributed by atoms with E-state index in [1.54, 1.807) is 18.2 Å². The highest BCUT2D eigenvalue weighted by Crippen LogP contribution is 2.22. The average molecular weight is 236 g/mol. The normalized spacial score (nSPS) is 13.8. The summed E-state index contributed by atoms with van der Waals surface area (Å²) in [4.78, 5) is 2.58. The summed E-state index contributed by atoms with van der Waals surface area (Å²) in [6.45, 7) is 2.01. The Morgan fingerprint density at radius 3 is 2.76 bits per heavy atom. The van der Waals surface area contributed by atoms with Crippen molar-refractivity contribution in [2.45, 2.75) is 25.6 Å². The zero-order valence-electron chi connectivity index (χ0n) is 9.61. The molecule has 1 rings (SSSR count). The minimum atomic E-state index is -1.02. The second-order valence-electron chi connectivity index (χ2n) is 3.87. The first-order chi connectivity index (χ1) is 8.06. The van der Waals surface area contributed by atoms with E-state index in [1.165, 1.54) is 0 Å². The summed E-state index contributed by atoms with van der Waals surface area (Å²) >= 11 is 0. The molecule has 6 heteroatoms. The molecule has 0 bridgehead atoms. The van der Waals surface area contributed by atoms with Crippen molar-refractivity contribution in [2.24, 2.45) is 5.11 Å². The van der Waals surface area contributed by atoms with Gasteiger partial charge in [-0.15, -0.1) is 0 Å². The zero-order valence-corrected chi connectivity index (χ0v) is 9.61. The summed E-state index contributed by atoms with van der Waals surface area (Å²) in [5.74, 6) is 0. The van der Waals surface area contributed by atoms with Gasteiger partial charge in [-0.05, 0) is 36.1 Å². The van der Waals surface area contributed by atoms with Gasteiger partial charge in [-0.1, -0.05) is 17.2 Å². The quantitative estimate of drug-likeness (QED) is 0.312. The number of nitrogen functional groups attached to an aromatic ring is 1. The van der Waals surface area contributed by atoms with Crippen LogP contribution in [0.2, 0.25) is 0 Å². The number of nitrogens with two attached hydrogens (primary N) is 1. The number of nitrogens with zero attached hydrogens (tertiary/aromatic N) is 3. The first-order valence-corrected chi connectivity index (χ1v) is 5.29. The minimum Gasteiger partial charge on any atom is -0.399 e. The van der Waals surface area contributed by atoms with Crippen LogP contribution in [0.5, 0.6) is 0 Å². The fourth-order valence-corrected chi connectivity index (χ4v) is 1.46. The third-order valence-electron chi connectivity index (χ3n) is 2.60. The van der Waals surface area contributed by atoms with Gasteiger partial charge in [-0.3, -0.25) is 0 Å². The molecule has 92 valence electrons. The summed E-state index contributed by atoms with van der Waals surface area (Å²) in [6.07, 6.45) is -1.78. The molecular weight excluding hydrogens is 220 g/mol. The SMILES string of the molecule is Cc1ccc(C(O)C(O)CCN=[N+]=[N-])cc1N. The van der Waals surface area contributed by atoms with Crippen molar-refractivity contribution >= 4 is 5.69 Å². The van der Waals surface area contributed by atoms with Gasteiger partial charge in [0.15, 0.2) is 0 Å². The Bertz CT molecular complexity index is 429. The summed E-state index contributed by atoms with van der Waals surface area (Å²) in [5, 5.41) is 22.9. The van der Waals surface area contributed by atoms with Crippen LogP contribution in [0, 0.1) is 6.92 Å². The second-order valence-corrected chi connectivity index (χ2v) is 3.87. The summed E-state index contributed by atoms with van der Waals surface area (Å²) < 4.78 is 0. The van der Waals surface area contributed by atoms with Gasteiger partial charge in [-0.25, -0.2) is 0 Å². The van der Waals surface area contributed by atoms with Gasteiger partial charge in [0.05, 0.1) is 6.10 Å². The fraction of sp³-hybridized carbons (Fsp3) is 0.455. The Kier molecular flexibility index (Phi) is 4.78. The second kappa shape index (κ2) is 6.10. The van der Waals surface area contributed by atoms with E-state index in [0.717, 1.165) is 5.56 Å². The van der Waals surface area contributed by atoms with Gasteiger partial charge >= 0.3 is 0 Å². The average Bonchev–Trinajstić information content (AvgIpc) is 2.32. The van der Waals surface area contributed by atoms with Crippen molar-refractivity contribution < 1.29 is 10.2 Å². The maximum Gasteiger partial charge on any atom is 0.105 e. The Morgan fingerprint density at radius 1 is 1.47 bits per heavy atom. The Morgan fingerprint density at radius 2 is 2.18 bits per heavy atom. The molecule has 0 fully saturated rings. The molecule has 0 radical (unpaired) electrons. The van der Waals surface area contributed by atoms with Gasteiger partial charge in [0.25, 0.3) is 0 Å². The van der Waals surface area contributed by atoms with Crippen molar-refractivity contribution in [3.05, 3.63) is 39.8 Å². The zero-order chi connectivity index (χ0) is 12.8. The van der Waals surface area contributed by atoms with Crippen LogP contribution in [0.4, 0.5) is 5.69 Å². The molecule has 17 heavy (non-hydrogen) atoms. The van der Waals surface area contributed by atoms with Gasteiger partial charge in [0.2, 0.25) is 0 Å². The Balaban J connectivity index is 2.70. The van der Waals surface area contributed by atoms with Gasteiger partial charge in [-0.2, -0.15) is 0 Å². The standard InChI is InChI=1S/C11H16N4O2/c1-7-2-3-8(6-9(7)12)11(17)10(16)4-5-14-15-13/h2-3,6,10-11,16-17H,4-5,12H2,1H3. The summed E-state index contributed by atoms with van der Waals surface area (Å²) in [7, 11) is 0. The maximum atomic E-state index is 9.86. The van der Waals surface area contributed by atoms with Gasteiger partial charge in [0, 0.05) is 17.1 Å². The van der Waals surface area contributed by atoms with E-state index >= 15 is 0 Å². The molecule has 0 heterocycles. The monoisotopic (exact) mass is 236 g/mol. The highest BCUT2D eigenvalue weighted by Gasteiger charge is 2.18. The molecule has 6 nitrogen and oxygen atoms in total. The van der Waals surface area contributed by atoms with E-state index in [-0.39, 0.29) is 13.0 Å². The van der Waals surface area contributed by atoms with Crippen molar-refractivity contribution in [1.29, 1.82) is 0 Å². The lowest BCUT2D eigenvalue weighted by Gasteiger charge is -2.18. The molecule has 0 aromatic heterocycles. The molecule has 1 aromatic rings. The number of rotatable bonds is 5. The van der Waals surface area contributed by atoms with Crippen molar-refractivity contribution in [1.82, 2.24) is 0 Å². The van der Waals surface area contributed by atoms with E-state index in [2.05, 4.69) is 10.0 Å². The maximum absolute atomic E-state index is 9.86. The smallest absolute Gasteiger partial charge is 0.105 e. The van der Waals surface area contributed by atoms with E-state index < -0.39 is 12.2 Å². The highest BCUT2D eigenvalue weighted by atomic mass is 16.3. The number of hydrogen-bond donors (Lipinski definition) is 3. The molecule has 2 atom stereocenters. The lowest BCUT2D eigenvalue weighted by atomic mass is 10.00. The molecule has 0 saturated heterocycles. The Labute approximate surface area is 99.3 Å². The lowest BCUT2D eigenvalue weighted by molar-refractivity contribution is 0.0151. The highest BCUT2D eigenvalue weighted by molar-refractivity contribution is 5.48. The van der Waals surface area contributed by atoms with E-state index in [4.69, 9.17) is 11.3 Å². The summed E-state index contributed by atoms with van der Waals surface area (Å²) in [5.41, 5.74) is 15.9. The van der Waals surface area contributed by atoms with E-state index in [9.17, 15) is 10.2 Å². The van der Waals surface area contributed by atoms with Crippen LogP contribution >= 0.6 is 0 Å². The largest absolute Gasteiger partial charge is 0.399 e. The number of benzene rings is 1. The molecule has 0 aliphatic rings.